The second kappa shape index (κ2) is 7.97. The first kappa shape index (κ1) is 18.7. The minimum absolute atomic E-state index is 0.0103. The third-order valence-corrected chi connectivity index (χ3v) is 4.59. The summed E-state index contributed by atoms with van der Waals surface area (Å²) in [7, 11) is 1.74. The Kier molecular flexibility index (Phi) is 6.21. The summed E-state index contributed by atoms with van der Waals surface area (Å²) in [6.45, 7) is 3.69. The Hall–Kier alpha value is -1.62. The summed E-state index contributed by atoms with van der Waals surface area (Å²) in [5.41, 5.74) is 1.44. The Morgan fingerprint density at radius 1 is 1.12 bits per heavy atom. The average molecular weight is 370 g/mol. The van der Waals surface area contributed by atoms with Gasteiger partial charge in [0.2, 0.25) is 0 Å². The normalized spacial score (nSPS) is 13.4. The monoisotopic (exact) mass is 369 g/mol. The minimum atomic E-state index is -0.517. The van der Waals surface area contributed by atoms with Crippen molar-refractivity contribution in [2.45, 2.75) is 25.9 Å². The van der Waals surface area contributed by atoms with Gasteiger partial charge in [-0.15, -0.1) is 0 Å². The molecular weight excluding hydrogens is 350 g/mol. The van der Waals surface area contributed by atoms with Crippen LogP contribution in [0.4, 0.5) is 10.1 Å². The van der Waals surface area contributed by atoms with Gasteiger partial charge in [0, 0.05) is 18.3 Å². The predicted octanol–water partition coefficient (Wildman–Crippen LogP) is 3.81. The minimum Gasteiger partial charge on any atom is -0.330 e. The van der Waals surface area contributed by atoms with Crippen LogP contribution >= 0.6 is 23.2 Å². The SMILES string of the molecule is C[C@H]([NH2+][C@H](C)C(=O)N(C)c1ccccc1)c1cc(F)c(Cl)cc1Cl. The van der Waals surface area contributed by atoms with Gasteiger partial charge < -0.3 is 10.2 Å². The van der Waals surface area contributed by atoms with Gasteiger partial charge in [-0.3, -0.25) is 4.79 Å². The number of quaternary nitrogens is 1. The number of nitrogens with two attached hydrogens (primary N) is 1. The summed E-state index contributed by atoms with van der Waals surface area (Å²) in [6, 6.07) is 11.6. The van der Waals surface area contributed by atoms with Gasteiger partial charge in [-0.25, -0.2) is 4.39 Å². The molecule has 0 spiro atoms. The summed E-state index contributed by atoms with van der Waals surface area (Å²) < 4.78 is 13.7. The van der Waals surface area contributed by atoms with E-state index in [1.54, 1.807) is 11.9 Å². The molecule has 24 heavy (non-hydrogen) atoms. The third kappa shape index (κ3) is 4.26. The fourth-order valence-corrected chi connectivity index (χ4v) is 3.15. The number of para-hydroxylation sites is 1. The number of benzene rings is 2. The molecule has 0 aliphatic rings. The summed E-state index contributed by atoms with van der Waals surface area (Å²) in [5, 5.41) is 2.24. The first-order valence-electron chi connectivity index (χ1n) is 7.63. The number of halogens is 3. The fourth-order valence-electron chi connectivity index (χ4n) is 2.59. The average Bonchev–Trinajstić information content (AvgIpc) is 2.57. The fraction of sp³-hybridized carbons (Fsp3) is 0.278. The van der Waals surface area contributed by atoms with Crippen LogP contribution in [-0.2, 0) is 4.79 Å². The number of carbonyl (C=O) groups is 1. The second-order valence-corrected chi connectivity index (χ2v) is 6.60. The molecule has 2 rings (SSSR count). The van der Waals surface area contributed by atoms with Crippen molar-refractivity contribution in [3.8, 4) is 0 Å². The van der Waals surface area contributed by atoms with Crippen molar-refractivity contribution in [2.24, 2.45) is 0 Å². The molecule has 3 nitrogen and oxygen atoms in total. The van der Waals surface area contributed by atoms with Crippen molar-refractivity contribution in [2.75, 3.05) is 11.9 Å². The van der Waals surface area contributed by atoms with E-state index in [1.165, 1.54) is 12.1 Å². The van der Waals surface area contributed by atoms with Crippen molar-refractivity contribution < 1.29 is 14.5 Å². The van der Waals surface area contributed by atoms with Gasteiger partial charge in [0.05, 0.1) is 10.0 Å². The molecule has 0 saturated heterocycles. The highest BCUT2D eigenvalue weighted by Gasteiger charge is 2.25. The molecule has 2 aromatic rings. The third-order valence-electron chi connectivity index (χ3n) is 3.97. The van der Waals surface area contributed by atoms with Crippen molar-refractivity contribution in [3.63, 3.8) is 0 Å². The van der Waals surface area contributed by atoms with Crippen LogP contribution < -0.4 is 10.2 Å². The standard InChI is InChI=1S/C18H19Cl2FN2O/c1-11(14-9-17(21)16(20)10-15(14)19)22-12(2)18(24)23(3)13-7-5-4-6-8-13/h4-12,22H,1-3H3/p+1/t11-,12+/m0/s1. The molecule has 2 N–H and O–H groups in total. The summed E-state index contributed by atoms with van der Waals surface area (Å²) in [4.78, 5) is 14.2. The number of hydrogen-bond donors (Lipinski definition) is 1. The molecule has 2 atom stereocenters. The smallest absolute Gasteiger partial charge is 0.284 e. The van der Waals surface area contributed by atoms with Gasteiger partial charge >= 0.3 is 0 Å². The predicted molar refractivity (Wildman–Crippen MR) is 96.1 cm³/mol. The molecule has 0 aliphatic carbocycles. The molecule has 0 radical (unpaired) electrons. The van der Waals surface area contributed by atoms with Crippen LogP contribution in [0.15, 0.2) is 42.5 Å². The molecule has 6 heteroatoms. The Balaban J connectivity index is 2.10. The van der Waals surface area contributed by atoms with Crippen LogP contribution in [-0.4, -0.2) is 19.0 Å². The van der Waals surface area contributed by atoms with Crippen LogP contribution in [0, 0.1) is 5.82 Å². The van der Waals surface area contributed by atoms with Crippen molar-refractivity contribution in [1.29, 1.82) is 0 Å². The molecule has 0 saturated carbocycles. The van der Waals surface area contributed by atoms with E-state index < -0.39 is 5.82 Å². The maximum Gasteiger partial charge on any atom is 0.284 e. The Labute approximate surface area is 151 Å². The molecule has 0 fully saturated rings. The topological polar surface area (TPSA) is 36.9 Å². The molecular formula is C18H20Cl2FN2O+. The van der Waals surface area contributed by atoms with Crippen LogP contribution in [0.5, 0.6) is 0 Å². The van der Waals surface area contributed by atoms with Crippen molar-refractivity contribution in [3.05, 3.63) is 63.9 Å². The van der Waals surface area contributed by atoms with Gasteiger partial charge in [-0.1, -0.05) is 41.4 Å². The van der Waals surface area contributed by atoms with E-state index in [1.807, 2.05) is 49.5 Å². The Morgan fingerprint density at radius 3 is 2.38 bits per heavy atom. The number of anilines is 1. The molecule has 0 heterocycles. The maximum atomic E-state index is 13.7. The van der Waals surface area contributed by atoms with E-state index in [9.17, 15) is 9.18 Å². The van der Waals surface area contributed by atoms with Gasteiger partial charge in [-0.2, -0.15) is 0 Å². The van der Waals surface area contributed by atoms with E-state index in [4.69, 9.17) is 23.2 Å². The van der Waals surface area contributed by atoms with E-state index >= 15 is 0 Å². The van der Waals surface area contributed by atoms with Crippen LogP contribution in [0.25, 0.3) is 0 Å². The lowest BCUT2D eigenvalue weighted by Gasteiger charge is -2.23. The number of hydrogen-bond acceptors (Lipinski definition) is 1. The number of carbonyl (C=O) groups excluding carboxylic acids is 1. The van der Waals surface area contributed by atoms with Gasteiger partial charge in [0.15, 0.2) is 6.04 Å². The van der Waals surface area contributed by atoms with Crippen molar-refractivity contribution in [1.82, 2.24) is 0 Å². The summed E-state index contributed by atoms with van der Waals surface area (Å²) in [6.07, 6.45) is 0. The van der Waals surface area contributed by atoms with E-state index in [2.05, 4.69) is 0 Å². The second-order valence-electron chi connectivity index (χ2n) is 5.79. The molecule has 0 unspecified atom stereocenters. The number of nitrogens with zero attached hydrogens (tertiary/aromatic N) is 1. The van der Waals surface area contributed by atoms with Gasteiger partial charge in [0.25, 0.3) is 5.91 Å². The lowest BCUT2D eigenvalue weighted by Crippen LogP contribution is -2.92. The van der Waals surface area contributed by atoms with Gasteiger partial charge in [0.1, 0.15) is 11.9 Å². The Morgan fingerprint density at radius 2 is 1.75 bits per heavy atom. The lowest BCUT2D eigenvalue weighted by molar-refractivity contribution is -0.710. The molecule has 2 aromatic carbocycles. The zero-order chi connectivity index (χ0) is 17.9. The zero-order valence-electron chi connectivity index (χ0n) is 13.8. The highest BCUT2D eigenvalue weighted by molar-refractivity contribution is 6.35. The highest BCUT2D eigenvalue weighted by atomic mass is 35.5. The van der Waals surface area contributed by atoms with E-state index in [-0.39, 0.29) is 23.0 Å². The summed E-state index contributed by atoms with van der Waals surface area (Å²) in [5.74, 6) is -0.560. The first-order valence-corrected chi connectivity index (χ1v) is 8.39. The molecule has 0 aliphatic heterocycles. The quantitative estimate of drug-likeness (QED) is 0.799. The van der Waals surface area contributed by atoms with E-state index in [0.29, 0.717) is 10.6 Å². The largest absolute Gasteiger partial charge is 0.330 e. The lowest BCUT2D eigenvalue weighted by atomic mass is 10.1. The number of likely N-dealkylation sites (N-methyl/N-ethyl adjacent to an activating group) is 1. The van der Waals surface area contributed by atoms with Crippen molar-refractivity contribution >= 4 is 34.8 Å². The number of rotatable bonds is 5. The first-order chi connectivity index (χ1) is 11.3. The maximum absolute atomic E-state index is 13.7. The van der Waals surface area contributed by atoms with Crippen LogP contribution in [0.1, 0.15) is 25.5 Å². The highest BCUT2D eigenvalue weighted by Crippen LogP contribution is 2.27. The molecule has 1 amide bonds. The number of amides is 1. The molecule has 0 bridgehead atoms. The van der Waals surface area contributed by atoms with Crippen LogP contribution in [0.3, 0.4) is 0 Å². The van der Waals surface area contributed by atoms with E-state index in [0.717, 1.165) is 5.69 Å². The zero-order valence-corrected chi connectivity index (χ0v) is 15.3. The van der Waals surface area contributed by atoms with Crippen LogP contribution in [0.2, 0.25) is 10.0 Å². The van der Waals surface area contributed by atoms with Gasteiger partial charge in [-0.05, 0) is 38.1 Å². The Bertz CT molecular complexity index is 724. The summed E-state index contributed by atoms with van der Waals surface area (Å²) >= 11 is 11.9. The molecule has 128 valence electrons. The molecule has 0 aromatic heterocycles.